The molecule has 2 unspecified atom stereocenters. The molecule has 92 valence electrons. The van der Waals surface area contributed by atoms with Crippen molar-refractivity contribution in [2.75, 3.05) is 5.75 Å². The fourth-order valence-corrected chi connectivity index (χ4v) is 2.66. The van der Waals surface area contributed by atoms with Gasteiger partial charge in [-0.05, 0) is 0 Å². The molecule has 2 atom stereocenters. The van der Waals surface area contributed by atoms with Gasteiger partial charge < -0.3 is 50.9 Å². The largest absolute Gasteiger partial charge is 1.00 e. The maximum atomic E-state index is 5.65. The molecule has 0 heterocycles. The monoisotopic (exact) mass is 533 g/mol. The summed E-state index contributed by atoms with van der Waals surface area (Å²) in [6.45, 7) is 4.22. The second-order valence-electron chi connectivity index (χ2n) is 2.91. The molecule has 0 spiro atoms. The topological polar surface area (TPSA) is 35.2 Å². The molecule has 7 heteroatoms. The van der Waals surface area contributed by atoms with Gasteiger partial charge in [0.05, 0.1) is 0 Å². The fourth-order valence-electron chi connectivity index (χ4n) is 0.969. The Morgan fingerprint density at radius 1 is 1.27 bits per heavy atom. The molecule has 0 aromatic rings. The molecule has 0 aliphatic rings. The summed E-state index contributed by atoms with van der Waals surface area (Å²) in [5.74, 6) is 1.14. The van der Waals surface area contributed by atoms with Crippen LogP contribution in [-0.2, 0) is 3.07 Å². The average Bonchev–Trinajstić information content (AvgIpc) is 2.02. The Morgan fingerprint density at radius 3 is 2.13 bits per heavy atom. The third-order valence-corrected chi connectivity index (χ3v) is 3.92. The van der Waals surface area contributed by atoms with Crippen molar-refractivity contribution in [3.05, 3.63) is 0 Å². The van der Waals surface area contributed by atoms with Gasteiger partial charge in [0.1, 0.15) is 0 Å². The van der Waals surface area contributed by atoms with E-state index in [4.69, 9.17) is 8.81 Å². The summed E-state index contributed by atoms with van der Waals surface area (Å²) >= 11 is 3.06. The first-order valence-corrected chi connectivity index (χ1v) is 6.61. The Morgan fingerprint density at radius 2 is 1.80 bits per heavy atom. The molecule has 0 aromatic heterocycles. The molecule has 0 bridgehead atoms. The van der Waals surface area contributed by atoms with E-state index in [0.717, 1.165) is 18.6 Å². The van der Waals surface area contributed by atoms with Crippen molar-refractivity contribution in [1.29, 1.82) is 0 Å². The number of rotatable bonds is 7. The minimum atomic E-state index is 0. The van der Waals surface area contributed by atoms with Gasteiger partial charge in [-0.25, -0.2) is 0 Å². The van der Waals surface area contributed by atoms with E-state index in [-0.39, 0.29) is 50.9 Å². The minimum absolute atomic E-state index is 0. The Labute approximate surface area is 143 Å². The second-order valence-corrected chi connectivity index (χ2v) is 5.02. The van der Waals surface area contributed by atoms with Crippen LogP contribution < -0.4 is 56.7 Å². The van der Waals surface area contributed by atoms with Gasteiger partial charge in [0.2, 0.25) is 0 Å². The molecule has 15 heavy (non-hydrogen) atoms. The number of nitrogens with two attached hydrogens (primary N) is 1. The van der Waals surface area contributed by atoms with Crippen LogP contribution in [0, 0.1) is 0 Å². The van der Waals surface area contributed by atoms with E-state index in [2.05, 4.69) is 13.8 Å². The molecule has 0 aromatic carbocycles. The van der Waals surface area contributed by atoms with Crippen LogP contribution in [0.1, 0.15) is 33.1 Å². The summed E-state index contributed by atoms with van der Waals surface area (Å²) in [5.41, 5.74) is 6.06. The summed E-state index contributed by atoms with van der Waals surface area (Å²) in [5, 5.41) is 0. The zero-order chi connectivity index (χ0) is 9.40. The van der Waals surface area contributed by atoms with E-state index >= 15 is 0 Å². The third-order valence-electron chi connectivity index (χ3n) is 1.58. The second kappa shape index (κ2) is 18.9. The van der Waals surface area contributed by atoms with Crippen LogP contribution in [0.15, 0.2) is 0 Å². The van der Waals surface area contributed by atoms with Crippen LogP contribution in [-0.4, -0.2) is 40.2 Å². The van der Waals surface area contributed by atoms with Crippen LogP contribution >= 0.6 is 11.8 Å². The van der Waals surface area contributed by atoms with Gasteiger partial charge in [-0.3, -0.25) is 0 Å². The Bertz CT molecular complexity index is 114. The van der Waals surface area contributed by atoms with Crippen LogP contribution in [0.3, 0.4) is 0 Å². The average molecular weight is 535 g/mol. The van der Waals surface area contributed by atoms with Crippen molar-refractivity contribution >= 4 is 34.7 Å². The van der Waals surface area contributed by atoms with E-state index in [1.54, 1.807) is 0 Å². The number of halogens is 3. The summed E-state index contributed by atoms with van der Waals surface area (Å²) in [6.07, 6.45) is 3.44. The smallest absolute Gasteiger partial charge is 1.00 e. The first kappa shape index (κ1) is 26.1. The van der Waals surface area contributed by atoms with Crippen LogP contribution in [0.5, 0.6) is 0 Å². The van der Waals surface area contributed by atoms with E-state index in [1.165, 1.54) is 29.4 Å². The third kappa shape index (κ3) is 19.0. The van der Waals surface area contributed by atoms with Crippen molar-refractivity contribution in [3.63, 3.8) is 0 Å². The minimum Gasteiger partial charge on any atom is -1.00 e. The predicted molar refractivity (Wildman–Crippen MR) is 56.3 cm³/mol. The van der Waals surface area contributed by atoms with Gasteiger partial charge in [0.25, 0.3) is 0 Å². The normalized spacial score (nSPS) is 12.9. The molecular weight excluding hydrogens is 517 g/mol. The maximum Gasteiger partial charge on any atom is -1.00 e. The van der Waals surface area contributed by atoms with E-state index in [1.807, 2.05) is 11.8 Å². The van der Waals surface area contributed by atoms with Gasteiger partial charge >= 0.3 is 93.8 Å². The molecule has 0 radical (unpaired) electrons. The van der Waals surface area contributed by atoms with Gasteiger partial charge in [0, 0.05) is 0 Å². The first-order valence-electron chi connectivity index (χ1n) is 4.40. The molecule has 0 aliphatic carbocycles. The predicted octanol–water partition coefficient (Wildman–Crippen LogP) is -7.30. The standard InChI is InChI=1S/C8H18NOS.3BrH.Sn/c1-3-11-8(10)6-4-5-7(2)9;;;;/h7-8H,3-6,9H2,1-2H3;3*1H;/q-1;;;;+4/p-3. The molecule has 0 rings (SSSR count). The fraction of sp³-hybridized carbons (Fsp3) is 1.00. The first-order chi connectivity index (χ1) is 5.70. The molecule has 0 fully saturated rings. The van der Waals surface area contributed by atoms with Crippen LogP contribution in [0.4, 0.5) is 0 Å². The summed E-state index contributed by atoms with van der Waals surface area (Å²) in [7, 11) is 0. The van der Waals surface area contributed by atoms with Gasteiger partial charge in [-0.1, -0.05) is 0 Å². The van der Waals surface area contributed by atoms with Crippen LogP contribution in [0.25, 0.3) is 0 Å². The van der Waals surface area contributed by atoms with Crippen molar-refractivity contribution in [3.8, 4) is 0 Å². The zero-order valence-electron chi connectivity index (χ0n) is 9.01. The molecule has 0 saturated heterocycles. The Kier molecular flexibility index (Phi) is 32.9. The SMILES string of the molecule is CCSC(CCCC(C)N)[O][Sn+3].[Br-].[Br-].[Br-]. The van der Waals surface area contributed by atoms with Crippen LogP contribution in [0.2, 0.25) is 0 Å². The quantitative estimate of drug-likeness (QED) is 0.261. The van der Waals surface area contributed by atoms with Gasteiger partial charge in [0.15, 0.2) is 0 Å². The molecule has 0 amide bonds. The molecule has 2 nitrogen and oxygen atoms in total. The molecular formula is C8H18Br3NOSSn. The van der Waals surface area contributed by atoms with E-state index < -0.39 is 0 Å². The van der Waals surface area contributed by atoms with Gasteiger partial charge in [-0.2, -0.15) is 0 Å². The summed E-state index contributed by atoms with van der Waals surface area (Å²) in [4.78, 5) is 0. The Hall–Kier alpha value is 2.51. The molecule has 2 N–H and O–H groups in total. The zero-order valence-corrected chi connectivity index (χ0v) is 17.4. The Balaban J connectivity index is -0.000000202. The number of hydrogen-bond acceptors (Lipinski definition) is 3. The molecule has 0 aliphatic heterocycles. The summed E-state index contributed by atoms with van der Waals surface area (Å²) in [6, 6.07) is 0.335. The van der Waals surface area contributed by atoms with Crippen molar-refractivity contribution in [2.24, 2.45) is 5.73 Å². The van der Waals surface area contributed by atoms with Crippen molar-refractivity contribution in [1.82, 2.24) is 0 Å². The van der Waals surface area contributed by atoms with Crippen molar-refractivity contribution in [2.45, 2.75) is 44.6 Å². The number of hydrogen-bond donors (Lipinski definition) is 1. The molecule has 0 saturated carbocycles. The number of thioether (sulfide) groups is 1. The van der Waals surface area contributed by atoms with Crippen molar-refractivity contribution < 1.29 is 54.0 Å². The van der Waals surface area contributed by atoms with Gasteiger partial charge in [-0.15, -0.1) is 0 Å². The maximum absolute atomic E-state index is 5.65. The van der Waals surface area contributed by atoms with E-state index in [0.29, 0.717) is 11.5 Å². The summed E-state index contributed by atoms with van der Waals surface area (Å²) < 4.78 is 5.38. The van der Waals surface area contributed by atoms with E-state index in [9.17, 15) is 0 Å².